The van der Waals surface area contributed by atoms with E-state index >= 15 is 0 Å². The maximum Gasteiger partial charge on any atom is 0.307 e. The number of hydrogen-bond acceptors (Lipinski definition) is 4. The molecule has 0 radical (unpaired) electrons. The van der Waals surface area contributed by atoms with Crippen LogP contribution in [0.5, 0.6) is 0 Å². The van der Waals surface area contributed by atoms with Gasteiger partial charge in [0.05, 0.1) is 11.0 Å². The average molecular weight is 478 g/mol. The summed E-state index contributed by atoms with van der Waals surface area (Å²) in [7, 11) is -2.49. The van der Waals surface area contributed by atoms with E-state index in [9.17, 15) is 10.1 Å². The lowest BCUT2D eigenvalue weighted by atomic mass is 9.84. The highest BCUT2D eigenvalue weighted by Crippen LogP contribution is 2.38. The summed E-state index contributed by atoms with van der Waals surface area (Å²) in [5.74, 6) is 0.611. The second-order valence-electron chi connectivity index (χ2n) is 10.4. The topological polar surface area (TPSA) is 70.2 Å². The van der Waals surface area contributed by atoms with Gasteiger partial charge in [0.2, 0.25) is 0 Å². The third kappa shape index (κ3) is 5.00. The molecular formula is C27H35N3O3Si. The van der Waals surface area contributed by atoms with Crippen LogP contribution in [0.3, 0.4) is 0 Å². The van der Waals surface area contributed by atoms with Crippen molar-refractivity contribution in [2.45, 2.75) is 64.0 Å². The van der Waals surface area contributed by atoms with Gasteiger partial charge in [0.15, 0.2) is 0 Å². The van der Waals surface area contributed by atoms with E-state index in [0.29, 0.717) is 5.92 Å². The molecule has 7 heteroatoms. The molecule has 0 bridgehead atoms. The molecule has 0 atom stereocenters. The van der Waals surface area contributed by atoms with Gasteiger partial charge in [-0.2, -0.15) is 5.10 Å². The van der Waals surface area contributed by atoms with Gasteiger partial charge in [0.25, 0.3) is 8.32 Å². The molecule has 0 aliphatic heterocycles. The van der Waals surface area contributed by atoms with Crippen LogP contribution in [0.2, 0.25) is 5.04 Å². The lowest BCUT2D eigenvalue weighted by Crippen LogP contribution is -2.66. The van der Waals surface area contributed by atoms with Gasteiger partial charge in [0.1, 0.15) is 12.4 Å². The highest BCUT2D eigenvalue weighted by atomic mass is 28.4. The molecule has 1 saturated carbocycles. The van der Waals surface area contributed by atoms with Crippen molar-refractivity contribution in [2.24, 2.45) is 5.92 Å². The minimum atomic E-state index is -2.49. The van der Waals surface area contributed by atoms with Crippen molar-refractivity contribution in [1.82, 2.24) is 9.78 Å². The summed E-state index contributed by atoms with van der Waals surface area (Å²) in [5.41, 5.74) is 0.0702. The number of rotatable bonds is 8. The Hall–Kier alpha value is -2.77. The zero-order chi connectivity index (χ0) is 24.2. The zero-order valence-corrected chi connectivity index (χ0v) is 21.4. The number of benzene rings is 2. The van der Waals surface area contributed by atoms with Crippen molar-refractivity contribution < 1.29 is 9.35 Å². The number of hydrogen-bond donors (Lipinski definition) is 0. The minimum absolute atomic E-state index is 0.0117. The predicted molar refractivity (Wildman–Crippen MR) is 138 cm³/mol. The predicted octanol–water partition coefficient (Wildman–Crippen LogP) is 5.49. The first-order valence-electron chi connectivity index (χ1n) is 12.2. The van der Waals surface area contributed by atoms with Gasteiger partial charge in [-0.05, 0) is 53.4 Å². The fourth-order valence-corrected chi connectivity index (χ4v) is 10.0. The van der Waals surface area contributed by atoms with Crippen LogP contribution >= 0.6 is 0 Å². The first-order valence-corrected chi connectivity index (χ1v) is 14.2. The molecule has 0 N–H and O–H groups in total. The summed E-state index contributed by atoms with van der Waals surface area (Å²) < 4.78 is 8.84. The van der Waals surface area contributed by atoms with Crippen LogP contribution in [0.25, 0.3) is 0 Å². The summed E-state index contributed by atoms with van der Waals surface area (Å²) in [6, 6.07) is 21.8. The Morgan fingerprint density at radius 3 is 2.03 bits per heavy atom. The fraction of sp³-hybridized carbons (Fsp3) is 0.444. The molecular weight excluding hydrogens is 442 g/mol. The van der Waals surface area contributed by atoms with Crippen molar-refractivity contribution in [3.63, 3.8) is 0 Å². The van der Waals surface area contributed by atoms with Crippen LogP contribution in [0.1, 0.15) is 58.9 Å². The summed E-state index contributed by atoms with van der Waals surface area (Å²) in [4.78, 5) is 10.6. The molecule has 1 aliphatic rings. The van der Waals surface area contributed by atoms with Crippen LogP contribution in [0, 0.1) is 16.0 Å². The maximum atomic E-state index is 11.0. The molecule has 0 unspecified atom stereocenters. The van der Waals surface area contributed by atoms with Crippen molar-refractivity contribution in [1.29, 1.82) is 0 Å². The molecule has 4 rings (SSSR count). The maximum absolute atomic E-state index is 11.0. The van der Waals surface area contributed by atoms with Gasteiger partial charge >= 0.3 is 5.69 Å². The van der Waals surface area contributed by atoms with Crippen molar-refractivity contribution in [2.75, 3.05) is 6.61 Å². The van der Waals surface area contributed by atoms with Gasteiger partial charge in [-0.3, -0.25) is 14.8 Å². The quantitative estimate of drug-likeness (QED) is 0.244. The number of aromatic nitrogens is 2. The van der Waals surface area contributed by atoms with Gasteiger partial charge in [-0.15, -0.1) is 0 Å². The molecule has 3 aromatic rings. The van der Waals surface area contributed by atoms with E-state index in [0.717, 1.165) is 38.7 Å². The summed E-state index contributed by atoms with van der Waals surface area (Å²) >= 11 is 0. The first kappa shape index (κ1) is 24.4. The van der Waals surface area contributed by atoms with E-state index in [1.165, 1.54) is 16.6 Å². The molecule has 0 spiro atoms. The van der Waals surface area contributed by atoms with Crippen molar-refractivity contribution in [3.05, 3.63) is 83.2 Å². The van der Waals surface area contributed by atoms with Gasteiger partial charge in [-0.1, -0.05) is 81.4 Å². The van der Waals surface area contributed by atoms with E-state index in [1.54, 1.807) is 10.9 Å². The molecule has 1 aliphatic carbocycles. The van der Waals surface area contributed by atoms with Crippen LogP contribution < -0.4 is 10.4 Å². The van der Waals surface area contributed by atoms with Crippen molar-refractivity contribution >= 4 is 24.4 Å². The first-order chi connectivity index (χ1) is 16.3. The third-order valence-electron chi connectivity index (χ3n) is 7.25. The van der Waals surface area contributed by atoms with Crippen molar-refractivity contribution in [3.8, 4) is 0 Å². The SMILES string of the molecule is CC(C)(C)[Si](OCC[C@H]1CC[C@@H](n2cc([N+](=O)[O-])cn2)CC1)(c1ccccc1)c1ccccc1. The molecule has 34 heavy (non-hydrogen) atoms. The molecule has 6 nitrogen and oxygen atoms in total. The van der Waals surface area contributed by atoms with E-state index in [2.05, 4.69) is 86.5 Å². The average Bonchev–Trinajstić information content (AvgIpc) is 3.33. The Bertz CT molecular complexity index is 1030. The molecule has 0 saturated heterocycles. The fourth-order valence-electron chi connectivity index (χ4n) is 5.46. The van der Waals surface area contributed by atoms with E-state index in [4.69, 9.17) is 4.43 Å². The van der Waals surface area contributed by atoms with Crippen LogP contribution in [-0.4, -0.2) is 29.6 Å². The molecule has 0 amide bonds. The molecule has 180 valence electrons. The lowest BCUT2D eigenvalue weighted by Gasteiger charge is -2.43. The zero-order valence-electron chi connectivity index (χ0n) is 20.4. The summed E-state index contributed by atoms with van der Waals surface area (Å²) in [6.45, 7) is 7.69. The van der Waals surface area contributed by atoms with Gasteiger partial charge < -0.3 is 4.43 Å². The summed E-state index contributed by atoms with van der Waals surface area (Å²) in [5, 5.41) is 17.8. The summed E-state index contributed by atoms with van der Waals surface area (Å²) in [6.07, 6.45) is 8.16. The normalized spacial score (nSPS) is 19.1. The Kier molecular flexibility index (Phi) is 7.33. The number of nitro groups is 1. The Labute approximate surface area is 203 Å². The lowest BCUT2D eigenvalue weighted by molar-refractivity contribution is -0.385. The van der Waals surface area contributed by atoms with Gasteiger partial charge in [0, 0.05) is 6.61 Å². The highest BCUT2D eigenvalue weighted by molar-refractivity contribution is 6.99. The Morgan fingerprint density at radius 1 is 1.00 bits per heavy atom. The molecule has 2 aromatic carbocycles. The third-order valence-corrected chi connectivity index (χ3v) is 12.3. The smallest absolute Gasteiger partial charge is 0.307 e. The van der Waals surface area contributed by atoms with Crippen LogP contribution in [0.15, 0.2) is 73.1 Å². The Morgan fingerprint density at radius 2 is 1.56 bits per heavy atom. The molecule has 1 aromatic heterocycles. The van der Waals surface area contributed by atoms with E-state index in [-0.39, 0.29) is 21.7 Å². The second kappa shape index (κ2) is 10.2. The number of nitrogens with zero attached hydrogens (tertiary/aromatic N) is 3. The van der Waals surface area contributed by atoms with E-state index < -0.39 is 8.32 Å². The van der Waals surface area contributed by atoms with Gasteiger partial charge in [-0.25, -0.2) is 0 Å². The largest absolute Gasteiger partial charge is 0.407 e. The van der Waals surface area contributed by atoms with E-state index in [1.807, 2.05) is 0 Å². The monoisotopic (exact) mass is 477 g/mol. The van der Waals surface area contributed by atoms with Crippen LogP contribution in [0.4, 0.5) is 5.69 Å². The standard InChI is InChI=1S/C27H35N3O3Si/c1-27(2,3)34(25-10-6-4-7-11-25,26-12-8-5-9-13-26)33-19-18-22-14-16-23(17-15-22)29-21-24(20-28-29)30(31)32/h4-13,20-23H,14-19H2,1-3H3/t22-,23+. The molecule has 1 fully saturated rings. The molecule has 1 heterocycles. The second-order valence-corrected chi connectivity index (χ2v) is 14.7. The minimum Gasteiger partial charge on any atom is -0.407 e. The van der Waals surface area contributed by atoms with Crippen LogP contribution in [-0.2, 0) is 4.43 Å². The Balaban J connectivity index is 1.44. The highest BCUT2D eigenvalue weighted by Gasteiger charge is 2.50.